The molecule has 0 aliphatic carbocycles. The van der Waals surface area contributed by atoms with Crippen LogP contribution in [0.4, 0.5) is 5.69 Å². The van der Waals surface area contributed by atoms with Crippen molar-refractivity contribution in [2.45, 2.75) is 45.6 Å². The number of methoxy groups -OCH3 is 1. The summed E-state index contributed by atoms with van der Waals surface area (Å²) >= 11 is 3.26. The number of aromatic carboxylic acids is 1. The number of ether oxygens (including phenoxy) is 2. The van der Waals surface area contributed by atoms with Crippen molar-refractivity contribution in [1.82, 2.24) is 4.98 Å². The second-order valence-electron chi connectivity index (χ2n) is 8.33. The Labute approximate surface area is 203 Å². The first-order chi connectivity index (χ1) is 15.7. The Balaban J connectivity index is 1.93. The molecule has 0 fully saturated rings. The van der Waals surface area contributed by atoms with E-state index in [1.54, 1.807) is 35.4 Å². The summed E-state index contributed by atoms with van der Waals surface area (Å²) in [5.74, 6) is 0.712. The van der Waals surface area contributed by atoms with E-state index in [1.165, 1.54) is 18.7 Å². The van der Waals surface area contributed by atoms with Gasteiger partial charge in [-0.3, -0.25) is 0 Å². The van der Waals surface area contributed by atoms with Gasteiger partial charge in [-0.15, -0.1) is 11.3 Å². The summed E-state index contributed by atoms with van der Waals surface area (Å²) in [6, 6.07) is 9.04. The fraction of sp³-hybridized carbons (Fsp3) is 0.360. The summed E-state index contributed by atoms with van der Waals surface area (Å²) in [6.07, 6.45) is 0. The van der Waals surface area contributed by atoms with Gasteiger partial charge in [-0.2, -0.15) is 0 Å². The molecule has 0 radical (unpaired) electrons. The van der Waals surface area contributed by atoms with Crippen LogP contribution in [0.2, 0.25) is 0 Å². The van der Waals surface area contributed by atoms with Gasteiger partial charge in [-0.25, -0.2) is 9.78 Å². The zero-order valence-corrected chi connectivity index (χ0v) is 21.5. The van der Waals surface area contributed by atoms with Crippen LogP contribution in [0.5, 0.6) is 11.5 Å². The lowest BCUT2D eigenvalue weighted by Gasteiger charge is -2.27. The summed E-state index contributed by atoms with van der Waals surface area (Å²) in [4.78, 5) is 15.9. The average molecular weight is 487 g/mol. The highest BCUT2D eigenvalue weighted by Gasteiger charge is 2.19. The van der Waals surface area contributed by atoms with Crippen LogP contribution in [0.3, 0.4) is 0 Å². The number of anilines is 1. The van der Waals surface area contributed by atoms with E-state index in [0.29, 0.717) is 11.7 Å². The van der Waals surface area contributed by atoms with E-state index in [0.717, 1.165) is 39.1 Å². The highest BCUT2D eigenvalue weighted by Crippen LogP contribution is 2.39. The van der Waals surface area contributed by atoms with Gasteiger partial charge >= 0.3 is 5.97 Å². The minimum Gasteiger partial charge on any atom is -0.496 e. The molecule has 176 valence electrons. The fourth-order valence-corrected chi connectivity index (χ4v) is 5.32. The Morgan fingerprint density at radius 3 is 2.48 bits per heavy atom. The van der Waals surface area contributed by atoms with Gasteiger partial charge in [0.1, 0.15) is 18.1 Å². The van der Waals surface area contributed by atoms with Crippen molar-refractivity contribution in [3.8, 4) is 11.5 Å². The van der Waals surface area contributed by atoms with Crippen LogP contribution in [-0.2, 0) is 6.61 Å². The van der Waals surface area contributed by atoms with Crippen molar-refractivity contribution >= 4 is 34.9 Å². The number of nitrogens with zero attached hydrogens (tertiary/aromatic N) is 2. The largest absolute Gasteiger partial charge is 0.496 e. The number of hydrogen-bond donors (Lipinski definition) is 1. The van der Waals surface area contributed by atoms with E-state index in [1.807, 2.05) is 6.92 Å². The van der Waals surface area contributed by atoms with Gasteiger partial charge in [0, 0.05) is 35.1 Å². The number of carboxylic acids is 1. The van der Waals surface area contributed by atoms with Crippen molar-refractivity contribution in [3.63, 3.8) is 0 Å². The Hall–Kier alpha value is -2.71. The first kappa shape index (κ1) is 24.9. The second-order valence-corrected chi connectivity index (χ2v) is 10.5. The number of carboxylic acid groups (broad SMARTS) is 1. The van der Waals surface area contributed by atoms with Gasteiger partial charge in [0.15, 0.2) is 4.34 Å². The van der Waals surface area contributed by atoms with Gasteiger partial charge in [-0.05, 0) is 62.1 Å². The highest BCUT2D eigenvalue weighted by molar-refractivity contribution is 8.02. The van der Waals surface area contributed by atoms with Crippen molar-refractivity contribution in [3.05, 3.63) is 63.7 Å². The molecule has 1 aromatic heterocycles. The second kappa shape index (κ2) is 10.9. The molecule has 0 aliphatic heterocycles. The summed E-state index contributed by atoms with van der Waals surface area (Å²) in [5.41, 5.74) is 5.30. The third-order valence-electron chi connectivity index (χ3n) is 5.08. The quantitative estimate of drug-likeness (QED) is 0.327. The third kappa shape index (κ3) is 6.42. The van der Waals surface area contributed by atoms with Crippen LogP contribution < -0.4 is 13.8 Å². The lowest BCUT2D eigenvalue weighted by molar-refractivity contribution is 0.0696. The molecular formula is C25H30N2O4S2. The monoisotopic (exact) mass is 486 g/mol. The molecule has 0 atom stereocenters. The predicted octanol–water partition coefficient (Wildman–Crippen LogP) is 6.52. The molecule has 0 aliphatic rings. The number of aromatic nitrogens is 1. The molecule has 2 aromatic carbocycles. The number of rotatable bonds is 10. The van der Waals surface area contributed by atoms with Crippen molar-refractivity contribution in [2.75, 3.05) is 18.0 Å². The maximum atomic E-state index is 11.3. The molecule has 1 N–H and O–H groups in total. The molecule has 0 bridgehead atoms. The zero-order chi connectivity index (χ0) is 24.1. The molecule has 0 unspecified atom stereocenters. The Kier molecular flexibility index (Phi) is 8.26. The lowest BCUT2D eigenvalue weighted by Crippen LogP contribution is -2.21. The van der Waals surface area contributed by atoms with Crippen molar-refractivity contribution < 1.29 is 19.4 Å². The number of aryl methyl sites for hydroxylation is 3. The van der Waals surface area contributed by atoms with E-state index < -0.39 is 5.97 Å². The number of hydrogen-bond acceptors (Lipinski definition) is 7. The van der Waals surface area contributed by atoms with Crippen LogP contribution in [0.1, 0.15) is 46.6 Å². The summed E-state index contributed by atoms with van der Waals surface area (Å²) in [6.45, 7) is 11.6. The zero-order valence-electron chi connectivity index (χ0n) is 19.8. The lowest BCUT2D eigenvalue weighted by atomic mass is 10.1. The van der Waals surface area contributed by atoms with E-state index in [-0.39, 0.29) is 12.2 Å². The summed E-state index contributed by atoms with van der Waals surface area (Å²) in [7, 11) is 1.53. The first-order valence-corrected chi connectivity index (χ1v) is 12.3. The van der Waals surface area contributed by atoms with Gasteiger partial charge < -0.3 is 18.9 Å². The molecule has 3 aromatic rings. The first-order valence-electron chi connectivity index (χ1n) is 10.7. The Morgan fingerprint density at radius 2 is 1.88 bits per heavy atom. The molecule has 6 nitrogen and oxygen atoms in total. The van der Waals surface area contributed by atoms with E-state index >= 15 is 0 Å². The molecule has 0 spiro atoms. The van der Waals surface area contributed by atoms with Crippen LogP contribution in [0.15, 0.2) is 40.1 Å². The van der Waals surface area contributed by atoms with Crippen LogP contribution in [0, 0.1) is 26.7 Å². The smallest absolute Gasteiger partial charge is 0.335 e. The van der Waals surface area contributed by atoms with Crippen LogP contribution in [-0.4, -0.2) is 29.7 Å². The SMILES string of the molecule is COc1cc(C(=O)O)ccc1COc1cc(C)c(C)cc1N(CC(C)C)Sc1nc(C)cs1. The van der Waals surface area contributed by atoms with Gasteiger partial charge in [0.2, 0.25) is 0 Å². The molecule has 0 saturated carbocycles. The summed E-state index contributed by atoms with van der Waals surface area (Å²) in [5, 5.41) is 11.3. The Bertz CT molecular complexity index is 1130. The van der Waals surface area contributed by atoms with Gasteiger partial charge in [-0.1, -0.05) is 19.9 Å². The normalized spacial score (nSPS) is 11.0. The van der Waals surface area contributed by atoms with Crippen molar-refractivity contribution in [2.24, 2.45) is 5.92 Å². The number of thiazole rings is 1. The van der Waals surface area contributed by atoms with Crippen LogP contribution >= 0.6 is 23.3 Å². The highest BCUT2D eigenvalue weighted by atomic mass is 32.2. The van der Waals surface area contributed by atoms with Gasteiger partial charge in [0.25, 0.3) is 0 Å². The van der Waals surface area contributed by atoms with Crippen LogP contribution in [0.25, 0.3) is 0 Å². The molecule has 0 saturated heterocycles. The minimum atomic E-state index is -0.990. The topological polar surface area (TPSA) is 71.9 Å². The van der Waals surface area contributed by atoms with E-state index in [9.17, 15) is 9.90 Å². The molecule has 0 amide bonds. The Morgan fingerprint density at radius 1 is 1.15 bits per heavy atom. The van der Waals surface area contributed by atoms with Crippen molar-refractivity contribution in [1.29, 1.82) is 0 Å². The standard InChI is InChI=1S/C25H30N2O4S2/c1-15(2)12-27(33-25-26-18(5)14-32-25)21-9-16(3)17(4)10-23(21)31-13-20-8-7-19(24(28)29)11-22(20)30-6/h7-11,14-15H,12-13H2,1-6H3,(H,28,29). The predicted molar refractivity (Wildman–Crippen MR) is 135 cm³/mol. The summed E-state index contributed by atoms with van der Waals surface area (Å²) < 4.78 is 15.0. The van der Waals surface area contributed by atoms with E-state index in [2.05, 4.69) is 54.5 Å². The minimum absolute atomic E-state index is 0.181. The molecule has 1 heterocycles. The maximum absolute atomic E-state index is 11.3. The molecule has 3 rings (SSSR count). The van der Waals surface area contributed by atoms with Gasteiger partial charge in [0.05, 0.1) is 18.4 Å². The molecule has 33 heavy (non-hydrogen) atoms. The fourth-order valence-electron chi connectivity index (χ4n) is 3.22. The molecule has 8 heteroatoms. The third-order valence-corrected chi connectivity index (χ3v) is 7.16. The van der Waals surface area contributed by atoms with E-state index in [4.69, 9.17) is 9.47 Å². The molecular weight excluding hydrogens is 456 g/mol. The maximum Gasteiger partial charge on any atom is 0.335 e. The number of carbonyl (C=O) groups is 1. The average Bonchev–Trinajstić information content (AvgIpc) is 3.17. The number of benzene rings is 2.